The van der Waals surface area contributed by atoms with Crippen LogP contribution in [0.15, 0.2) is 48.7 Å². The van der Waals surface area contributed by atoms with Crippen LogP contribution < -0.4 is 10.7 Å². The number of aryl methyl sites for hydroxylation is 2. The Morgan fingerprint density at radius 3 is 1.92 bits per heavy atom. The molecule has 2 amide bonds. The molecule has 2 fully saturated rings. The van der Waals surface area contributed by atoms with Gasteiger partial charge in [0.05, 0.1) is 11.8 Å². The zero-order chi connectivity index (χ0) is 59.5. The fourth-order valence-electron chi connectivity index (χ4n) is 8.70. The number of phenolic OH excluding ortho intramolecular Hbond substituents is 1. The minimum Gasteiger partial charge on any atom is -0.508 e. The lowest BCUT2D eigenvalue weighted by Crippen LogP contribution is -2.56. The van der Waals surface area contributed by atoms with E-state index in [2.05, 4.69) is 145 Å². The summed E-state index contributed by atoms with van der Waals surface area (Å²) in [7, 11) is 1.75. The fourth-order valence-corrected chi connectivity index (χ4v) is 8.70. The van der Waals surface area contributed by atoms with Crippen LogP contribution in [0, 0.1) is 41.9 Å². The van der Waals surface area contributed by atoms with Crippen molar-refractivity contribution in [2.75, 3.05) is 20.2 Å². The summed E-state index contributed by atoms with van der Waals surface area (Å²) in [6.45, 7) is 44.6. The first-order valence-electron chi connectivity index (χ1n) is 31.1. The number of aromatic hydroxyl groups is 1. The number of carbonyl (C=O) groups is 3. The van der Waals surface area contributed by atoms with Gasteiger partial charge in [-0.05, 0) is 151 Å². The maximum atomic E-state index is 13.9. The predicted octanol–water partition coefficient (Wildman–Crippen LogP) is 18.3. The van der Waals surface area contributed by atoms with Gasteiger partial charge in [-0.1, -0.05) is 194 Å². The summed E-state index contributed by atoms with van der Waals surface area (Å²) in [6.07, 6.45) is 20.3. The molecule has 0 bridgehead atoms. The van der Waals surface area contributed by atoms with Crippen LogP contribution in [0.4, 0.5) is 0 Å². The van der Waals surface area contributed by atoms with Gasteiger partial charge in [0.25, 0.3) is 5.91 Å². The second-order valence-electron chi connectivity index (χ2n) is 23.1. The molecule has 5 rings (SSSR count). The topological polar surface area (TPSA) is 121 Å². The third kappa shape index (κ3) is 25.8. The lowest BCUT2D eigenvalue weighted by Gasteiger charge is -2.32. The Morgan fingerprint density at radius 1 is 0.833 bits per heavy atom. The average Bonchev–Trinajstić information content (AvgIpc) is 3.43. The Bertz CT molecular complexity index is 2150. The van der Waals surface area contributed by atoms with Crippen molar-refractivity contribution in [1.82, 2.24) is 20.7 Å². The van der Waals surface area contributed by atoms with E-state index in [1.807, 2.05) is 40.8 Å². The molecule has 1 aliphatic carbocycles. The molecule has 9 nitrogen and oxygen atoms in total. The quantitative estimate of drug-likeness (QED) is 0.0857. The fraction of sp³-hybridized carbons (Fsp3) is 0.681. The summed E-state index contributed by atoms with van der Waals surface area (Å²) >= 11 is 0. The number of allylic oxidation sites excluding steroid dienone is 2. The van der Waals surface area contributed by atoms with Gasteiger partial charge in [0.2, 0.25) is 5.91 Å². The highest BCUT2D eigenvalue weighted by atomic mass is 16.5. The highest BCUT2D eigenvalue weighted by Crippen LogP contribution is 2.45. The molecule has 1 saturated heterocycles. The number of carbonyl (C=O) groups excluding carboxylic acids is 3. The first kappa shape index (κ1) is 73.7. The summed E-state index contributed by atoms with van der Waals surface area (Å²) in [6, 6.07) is 13.7. The summed E-state index contributed by atoms with van der Waals surface area (Å²) < 4.78 is 5.91. The van der Waals surface area contributed by atoms with Crippen molar-refractivity contribution in [3.8, 4) is 16.9 Å². The van der Waals surface area contributed by atoms with Gasteiger partial charge in [-0.15, -0.1) is 0 Å². The second kappa shape index (κ2) is 40.8. The molecule has 0 spiro atoms. The zero-order valence-corrected chi connectivity index (χ0v) is 53.9. The van der Waals surface area contributed by atoms with Crippen molar-refractivity contribution in [2.24, 2.45) is 35.0 Å². The average molecular weight is 1080 g/mol. The van der Waals surface area contributed by atoms with Crippen LogP contribution >= 0.6 is 0 Å². The Kier molecular flexibility index (Phi) is 38.5. The SMILES string of the molecule is CC.CCC.CCCC.CCCC(C)CC.CCc1cnc(C(C)OC)c(/C(=C(\CC(C)(C)CC)c2cc(-c3cc(O)cc(CC(NC(=O)C(C)C(C)C)C(=O)N4CCCCN4)c3)ccc2C)C(C)CC)c1.O=CC1CCC1. The van der Waals surface area contributed by atoms with Gasteiger partial charge >= 0.3 is 0 Å². The number of rotatable bonds is 22. The van der Waals surface area contributed by atoms with E-state index in [1.54, 1.807) is 24.3 Å². The Balaban J connectivity index is 0.00000226. The number of ether oxygens (including phenoxy) is 1. The molecule has 2 aromatic carbocycles. The van der Waals surface area contributed by atoms with Crippen molar-refractivity contribution in [1.29, 1.82) is 0 Å². The van der Waals surface area contributed by atoms with E-state index in [0.29, 0.717) is 12.5 Å². The summed E-state index contributed by atoms with van der Waals surface area (Å²) in [4.78, 5) is 42.1. The minimum absolute atomic E-state index is 0.0275. The molecule has 2 heterocycles. The number of phenols is 1. The van der Waals surface area contributed by atoms with Crippen molar-refractivity contribution in [3.63, 3.8) is 0 Å². The van der Waals surface area contributed by atoms with Crippen LogP contribution in [0.1, 0.15) is 261 Å². The van der Waals surface area contributed by atoms with Crippen LogP contribution in [0.2, 0.25) is 0 Å². The van der Waals surface area contributed by atoms with Gasteiger partial charge < -0.3 is 20.0 Å². The molecule has 3 N–H and O–H groups in total. The molecular formula is C69H118N4O5. The van der Waals surface area contributed by atoms with Gasteiger partial charge in [-0.3, -0.25) is 19.6 Å². The van der Waals surface area contributed by atoms with E-state index in [1.165, 1.54) is 72.8 Å². The molecular weight excluding hydrogens is 965 g/mol. The molecule has 1 saturated carbocycles. The molecule has 3 aromatic rings. The number of hydrogen-bond acceptors (Lipinski definition) is 7. The molecule has 5 unspecified atom stereocenters. The van der Waals surface area contributed by atoms with Gasteiger partial charge in [-0.2, -0.15) is 0 Å². The lowest BCUT2D eigenvalue weighted by atomic mass is 9.74. The largest absolute Gasteiger partial charge is 0.508 e. The van der Waals surface area contributed by atoms with Crippen molar-refractivity contribution in [3.05, 3.63) is 82.2 Å². The molecule has 9 heteroatoms. The molecule has 2 aliphatic rings. The number of methoxy groups -OCH3 is 1. The first-order chi connectivity index (χ1) is 37.1. The van der Waals surface area contributed by atoms with E-state index < -0.39 is 6.04 Å². The smallest absolute Gasteiger partial charge is 0.259 e. The monoisotopic (exact) mass is 1080 g/mol. The number of pyridine rings is 1. The van der Waals surface area contributed by atoms with E-state index in [0.717, 1.165) is 98.1 Å². The standard InChI is InChI=1S/C48H70N4O4.C7H16.C5H8O.C4H10.C3H8.C2H6/c1-13-31(6)44(41-24-35(14-2)29-49-45(41)34(9)56-12)42(28-48(10,11)15-3)40-27-37(19-18-32(40)7)38-22-36(23-39(53)26-38)25-43(51-46(54)33(8)30(4)5)47(55)52-21-17-16-20-50-52;1-4-6-7(3)5-2;6-4-5-2-1-3-5;1-3-4-2;1-3-2;1-2/h18-19,22-24,26-27,29-31,33-34,43,50,53H,13-17,20-21,25,28H2,1-12H3,(H,51,54);7H,4-6H2,1-3H3;4-5H,1-3H2;3-4H2,1-2H3;3H2,1-2H3;1-2H3/b44-42+;;;;;. The minimum atomic E-state index is -0.780. The third-order valence-corrected chi connectivity index (χ3v) is 15.5. The van der Waals surface area contributed by atoms with Crippen LogP contribution in [0.5, 0.6) is 5.75 Å². The number of nitrogens with one attached hydrogen (secondary N) is 2. The van der Waals surface area contributed by atoms with Crippen molar-refractivity contribution >= 4 is 29.2 Å². The van der Waals surface area contributed by atoms with Gasteiger partial charge in [0.1, 0.15) is 18.1 Å². The van der Waals surface area contributed by atoms with E-state index in [9.17, 15) is 19.5 Å². The summed E-state index contributed by atoms with van der Waals surface area (Å²) in [5.74, 6) is 1.33. The van der Waals surface area contributed by atoms with Crippen LogP contribution in [-0.4, -0.2) is 59.4 Å². The number of amides is 2. The molecule has 5 atom stereocenters. The van der Waals surface area contributed by atoms with Crippen molar-refractivity contribution < 1.29 is 24.2 Å². The molecule has 1 aliphatic heterocycles. The molecule has 1 aromatic heterocycles. The van der Waals surface area contributed by atoms with E-state index >= 15 is 0 Å². The van der Waals surface area contributed by atoms with Crippen molar-refractivity contribution in [2.45, 2.75) is 253 Å². The second-order valence-corrected chi connectivity index (χ2v) is 23.1. The highest BCUT2D eigenvalue weighted by Gasteiger charge is 2.31. The van der Waals surface area contributed by atoms with Gasteiger partial charge in [-0.25, -0.2) is 5.43 Å². The number of aldehydes is 1. The van der Waals surface area contributed by atoms with E-state index in [-0.39, 0.29) is 53.3 Å². The maximum Gasteiger partial charge on any atom is 0.259 e. The number of unbranched alkanes of at least 4 members (excludes halogenated alkanes) is 1. The highest BCUT2D eigenvalue weighted by molar-refractivity contribution is 5.94. The zero-order valence-electron chi connectivity index (χ0n) is 53.9. The molecule has 0 radical (unpaired) electrons. The van der Waals surface area contributed by atoms with Crippen LogP contribution in [-0.2, 0) is 32.0 Å². The van der Waals surface area contributed by atoms with Gasteiger partial charge in [0.15, 0.2) is 0 Å². The van der Waals surface area contributed by atoms with Crippen LogP contribution in [0.25, 0.3) is 22.3 Å². The van der Waals surface area contributed by atoms with Crippen LogP contribution in [0.3, 0.4) is 0 Å². The number of aromatic nitrogens is 1. The molecule has 78 heavy (non-hydrogen) atoms. The van der Waals surface area contributed by atoms with Gasteiger partial charge in [0, 0.05) is 50.2 Å². The maximum absolute atomic E-state index is 13.9. The first-order valence-corrected chi connectivity index (χ1v) is 31.1. The Hall–Kier alpha value is -4.34. The Morgan fingerprint density at radius 2 is 1.47 bits per heavy atom. The normalized spacial score (nSPS) is 15.4. The lowest BCUT2D eigenvalue weighted by molar-refractivity contribution is -0.141. The van der Waals surface area contributed by atoms with E-state index in [4.69, 9.17) is 9.72 Å². The number of hydrazine groups is 1. The number of nitrogens with zero attached hydrogens (tertiary/aromatic N) is 2. The predicted molar refractivity (Wildman–Crippen MR) is 337 cm³/mol. The third-order valence-electron chi connectivity index (χ3n) is 15.5. The summed E-state index contributed by atoms with van der Waals surface area (Å²) in [5, 5.41) is 15.9. The number of benzene rings is 2. The number of hydrogen-bond donors (Lipinski definition) is 3. The Labute approximate surface area is 479 Å². The molecule has 444 valence electrons. The summed E-state index contributed by atoms with van der Waals surface area (Å²) in [5.41, 5.74) is 14.2.